The number of anilines is 1. The van der Waals surface area contributed by atoms with Crippen LogP contribution >= 0.6 is 11.3 Å². The third-order valence-electron chi connectivity index (χ3n) is 6.41. The summed E-state index contributed by atoms with van der Waals surface area (Å²) in [5.41, 5.74) is 2.23. The van der Waals surface area contributed by atoms with Gasteiger partial charge in [-0.05, 0) is 70.1 Å². The van der Waals surface area contributed by atoms with Crippen molar-refractivity contribution in [2.45, 2.75) is 69.7 Å². The molecule has 1 fully saturated rings. The molecule has 2 aromatic rings. The van der Waals surface area contributed by atoms with Crippen molar-refractivity contribution in [1.82, 2.24) is 9.29 Å². The molecule has 0 unspecified atom stereocenters. The van der Waals surface area contributed by atoms with E-state index in [1.165, 1.54) is 10.9 Å². The van der Waals surface area contributed by atoms with Gasteiger partial charge in [0.1, 0.15) is 0 Å². The van der Waals surface area contributed by atoms with E-state index in [-0.39, 0.29) is 16.8 Å². The average Bonchev–Trinajstić information content (AvgIpc) is 3.21. The first-order valence-electron chi connectivity index (χ1n) is 11.4. The smallest absolute Gasteiger partial charge is 0.260 e. The summed E-state index contributed by atoms with van der Waals surface area (Å²) in [7, 11) is -3.66. The second-order valence-electron chi connectivity index (χ2n) is 8.72. The monoisotopic (exact) mass is 473 g/mol. The number of benzene rings is 1. The summed E-state index contributed by atoms with van der Waals surface area (Å²) in [5, 5.41) is 0.666. The molecule has 2 aliphatic rings. The minimum absolute atomic E-state index is 0.0342. The molecule has 0 bridgehead atoms. The number of hydrogen-bond donors (Lipinski definition) is 0. The van der Waals surface area contributed by atoms with Gasteiger partial charge in [0.2, 0.25) is 10.0 Å². The first kappa shape index (κ1) is 23.1. The van der Waals surface area contributed by atoms with Crippen molar-refractivity contribution in [2.24, 2.45) is 0 Å². The first-order chi connectivity index (χ1) is 15.3. The van der Waals surface area contributed by atoms with E-state index in [2.05, 4.69) is 6.58 Å². The van der Waals surface area contributed by atoms with Crippen LogP contribution in [0.3, 0.4) is 0 Å². The molecule has 0 saturated carbocycles. The van der Waals surface area contributed by atoms with E-state index in [1.54, 1.807) is 38.8 Å². The predicted molar refractivity (Wildman–Crippen MR) is 129 cm³/mol. The summed E-state index contributed by atoms with van der Waals surface area (Å²) in [4.78, 5) is 21.4. The lowest BCUT2D eigenvalue weighted by molar-refractivity contribution is 0.0989. The number of carbonyl (C=O) groups excluding carboxylic acids is 1. The Balaban J connectivity index is 1.69. The maximum atomic E-state index is 13.6. The summed E-state index contributed by atoms with van der Waals surface area (Å²) >= 11 is 1.56. The number of piperidine rings is 1. The fourth-order valence-electron chi connectivity index (χ4n) is 4.53. The van der Waals surface area contributed by atoms with Crippen LogP contribution in [0.4, 0.5) is 5.13 Å². The van der Waals surface area contributed by atoms with Gasteiger partial charge in [0.25, 0.3) is 5.91 Å². The van der Waals surface area contributed by atoms with Gasteiger partial charge in [-0.1, -0.05) is 18.6 Å². The lowest BCUT2D eigenvalue weighted by Crippen LogP contribution is -2.42. The molecule has 1 aromatic carbocycles. The number of hydrogen-bond acceptors (Lipinski definition) is 5. The van der Waals surface area contributed by atoms with Gasteiger partial charge in [0.05, 0.1) is 10.6 Å². The van der Waals surface area contributed by atoms with Crippen molar-refractivity contribution in [2.75, 3.05) is 18.0 Å². The van der Waals surface area contributed by atoms with Gasteiger partial charge in [-0.2, -0.15) is 4.31 Å². The fraction of sp³-hybridized carbons (Fsp3) is 0.500. The number of aromatic nitrogens is 1. The van der Waals surface area contributed by atoms with Crippen LogP contribution in [0.5, 0.6) is 0 Å². The molecule has 1 amide bonds. The predicted octanol–water partition coefficient (Wildman–Crippen LogP) is 4.73. The SMILES string of the molecule is C=CCN(C(=O)c1cc(S(=O)(=O)N2CCCC[C@H]2C)ccc1C)c1nc2c(s1)CCCC2. The van der Waals surface area contributed by atoms with Gasteiger partial charge in [-0.3, -0.25) is 9.69 Å². The zero-order chi connectivity index (χ0) is 22.9. The van der Waals surface area contributed by atoms with Crippen molar-refractivity contribution in [3.05, 3.63) is 52.6 Å². The standard InChI is InChI=1S/C24H31N3O3S2/c1-4-14-26(24-25-21-10-5-6-11-22(21)31-24)23(28)20-16-19(13-12-17(20)2)32(29,30)27-15-8-7-9-18(27)3/h4,12-13,16,18H,1,5-11,14-15H2,2-3H3/t18-/m1/s1. The third kappa shape index (κ3) is 4.40. The van der Waals surface area contributed by atoms with Crippen LogP contribution in [-0.2, 0) is 22.9 Å². The van der Waals surface area contributed by atoms with E-state index in [4.69, 9.17) is 4.98 Å². The van der Waals surface area contributed by atoms with E-state index in [9.17, 15) is 13.2 Å². The number of carbonyl (C=O) groups is 1. The van der Waals surface area contributed by atoms with Crippen molar-refractivity contribution in [3.8, 4) is 0 Å². The van der Waals surface area contributed by atoms with Crippen molar-refractivity contribution in [1.29, 1.82) is 0 Å². The maximum absolute atomic E-state index is 13.6. The molecule has 8 heteroatoms. The minimum Gasteiger partial charge on any atom is -0.280 e. The molecular formula is C24H31N3O3S2. The normalized spacial score (nSPS) is 19.4. The molecule has 0 spiro atoms. The van der Waals surface area contributed by atoms with Gasteiger partial charge >= 0.3 is 0 Å². The van der Waals surface area contributed by atoms with Crippen LogP contribution in [0, 0.1) is 6.92 Å². The Hall–Kier alpha value is -2.03. The number of aryl methyl sites for hydroxylation is 3. The molecule has 4 rings (SSSR count). The number of rotatable bonds is 6. The van der Waals surface area contributed by atoms with Gasteiger partial charge in [-0.25, -0.2) is 13.4 Å². The van der Waals surface area contributed by atoms with E-state index in [1.807, 2.05) is 13.8 Å². The molecule has 0 N–H and O–H groups in total. The summed E-state index contributed by atoms with van der Waals surface area (Å²) in [5.74, 6) is -0.239. The number of sulfonamides is 1. The zero-order valence-corrected chi connectivity index (χ0v) is 20.5. The lowest BCUT2D eigenvalue weighted by Gasteiger charge is -2.32. The van der Waals surface area contributed by atoms with E-state index in [0.29, 0.717) is 23.8 Å². The Morgan fingerprint density at radius 3 is 2.78 bits per heavy atom. The molecule has 1 atom stereocenters. The third-order valence-corrected chi connectivity index (χ3v) is 9.60. The number of amides is 1. The summed E-state index contributed by atoms with van der Waals surface area (Å²) < 4.78 is 28.3. The Bertz CT molecular complexity index is 1100. The highest BCUT2D eigenvalue weighted by atomic mass is 32.2. The van der Waals surface area contributed by atoms with Crippen LogP contribution in [-0.4, -0.2) is 42.7 Å². The molecule has 32 heavy (non-hydrogen) atoms. The summed E-state index contributed by atoms with van der Waals surface area (Å²) in [6.45, 7) is 8.45. The average molecular weight is 474 g/mol. The highest BCUT2D eigenvalue weighted by Gasteiger charge is 2.32. The highest BCUT2D eigenvalue weighted by Crippen LogP contribution is 2.33. The van der Waals surface area contributed by atoms with Crippen LogP contribution in [0.1, 0.15) is 65.5 Å². The molecule has 2 heterocycles. The Kier molecular flexibility index (Phi) is 6.83. The van der Waals surface area contributed by atoms with Crippen molar-refractivity contribution < 1.29 is 13.2 Å². The molecule has 172 valence electrons. The summed E-state index contributed by atoms with van der Waals surface area (Å²) in [6.07, 6.45) is 8.68. The molecule has 1 aliphatic heterocycles. The van der Waals surface area contributed by atoms with Gasteiger partial charge in [0.15, 0.2) is 5.13 Å². The second kappa shape index (κ2) is 9.45. The molecular weight excluding hydrogens is 442 g/mol. The number of fused-ring (bicyclic) bond motifs is 1. The van der Waals surface area contributed by atoms with Gasteiger partial charge in [-0.15, -0.1) is 17.9 Å². The summed E-state index contributed by atoms with van der Waals surface area (Å²) in [6, 6.07) is 4.85. The lowest BCUT2D eigenvalue weighted by atomic mass is 10.0. The second-order valence-corrected chi connectivity index (χ2v) is 11.7. The van der Waals surface area contributed by atoms with Crippen LogP contribution in [0.25, 0.3) is 0 Å². The Morgan fingerprint density at radius 2 is 2.06 bits per heavy atom. The number of nitrogens with zero attached hydrogens (tertiary/aromatic N) is 3. The van der Waals surface area contributed by atoms with Gasteiger partial charge < -0.3 is 0 Å². The van der Waals surface area contributed by atoms with Crippen LogP contribution < -0.4 is 4.90 Å². The Labute approximate surface area is 195 Å². The van der Waals surface area contributed by atoms with E-state index < -0.39 is 10.0 Å². The fourth-order valence-corrected chi connectivity index (χ4v) is 7.41. The van der Waals surface area contributed by atoms with Crippen molar-refractivity contribution >= 4 is 32.4 Å². The molecule has 6 nitrogen and oxygen atoms in total. The van der Waals surface area contributed by atoms with Crippen LogP contribution in [0.15, 0.2) is 35.7 Å². The maximum Gasteiger partial charge on any atom is 0.260 e. The molecule has 1 aromatic heterocycles. The van der Waals surface area contributed by atoms with E-state index >= 15 is 0 Å². The molecule has 1 aliphatic carbocycles. The largest absolute Gasteiger partial charge is 0.280 e. The topological polar surface area (TPSA) is 70.6 Å². The quantitative estimate of drug-likeness (QED) is 0.569. The van der Waals surface area contributed by atoms with Crippen LogP contribution in [0.2, 0.25) is 0 Å². The minimum atomic E-state index is -3.66. The van der Waals surface area contributed by atoms with E-state index in [0.717, 1.165) is 56.2 Å². The highest BCUT2D eigenvalue weighted by molar-refractivity contribution is 7.89. The molecule has 0 radical (unpaired) electrons. The first-order valence-corrected chi connectivity index (χ1v) is 13.6. The number of thiazole rings is 1. The molecule has 1 saturated heterocycles. The van der Waals surface area contributed by atoms with Gasteiger partial charge in [0, 0.05) is 29.6 Å². The van der Waals surface area contributed by atoms with Crippen molar-refractivity contribution in [3.63, 3.8) is 0 Å². The Morgan fingerprint density at radius 1 is 1.28 bits per heavy atom. The zero-order valence-electron chi connectivity index (χ0n) is 18.8.